The lowest BCUT2D eigenvalue weighted by Gasteiger charge is -2.33. The first-order chi connectivity index (χ1) is 9.85. The maximum atomic E-state index is 12.0. The molecule has 1 fully saturated rings. The molecule has 0 saturated carbocycles. The van der Waals surface area contributed by atoms with Crippen LogP contribution in [0.25, 0.3) is 0 Å². The summed E-state index contributed by atoms with van der Waals surface area (Å²) in [4.78, 5) is 13.8. The van der Waals surface area contributed by atoms with E-state index in [1.807, 2.05) is 25.7 Å². The van der Waals surface area contributed by atoms with Crippen molar-refractivity contribution in [3.05, 3.63) is 0 Å². The van der Waals surface area contributed by atoms with Gasteiger partial charge in [-0.3, -0.25) is 0 Å². The first kappa shape index (κ1) is 18.3. The van der Waals surface area contributed by atoms with Crippen LogP contribution in [0, 0.1) is 11.8 Å². The van der Waals surface area contributed by atoms with E-state index in [2.05, 4.69) is 19.2 Å². The second kappa shape index (κ2) is 8.62. The molecular formula is C17H34N2O2. The third-order valence-corrected chi connectivity index (χ3v) is 4.29. The van der Waals surface area contributed by atoms with Crippen LogP contribution in [0.2, 0.25) is 0 Å². The molecule has 1 N–H and O–H groups in total. The Labute approximate surface area is 130 Å². The van der Waals surface area contributed by atoms with Crippen molar-refractivity contribution in [2.75, 3.05) is 26.2 Å². The number of nitrogens with one attached hydrogen (secondary N) is 1. The van der Waals surface area contributed by atoms with Crippen LogP contribution in [-0.2, 0) is 4.74 Å². The minimum atomic E-state index is -0.398. The fraction of sp³-hybridized carbons (Fsp3) is 0.941. The monoisotopic (exact) mass is 298 g/mol. The van der Waals surface area contributed by atoms with Gasteiger partial charge in [-0.05, 0) is 58.5 Å². The molecule has 0 radical (unpaired) electrons. The van der Waals surface area contributed by atoms with Crippen molar-refractivity contribution in [1.29, 1.82) is 0 Å². The minimum Gasteiger partial charge on any atom is -0.444 e. The summed E-state index contributed by atoms with van der Waals surface area (Å²) >= 11 is 0. The predicted octanol–water partition coefficient (Wildman–Crippen LogP) is 3.66. The molecule has 0 atom stereocenters. The smallest absolute Gasteiger partial charge is 0.410 e. The highest BCUT2D eigenvalue weighted by Crippen LogP contribution is 2.19. The number of rotatable bonds is 6. The number of carbonyl (C=O) groups is 1. The van der Waals surface area contributed by atoms with Crippen molar-refractivity contribution >= 4 is 6.09 Å². The van der Waals surface area contributed by atoms with Crippen LogP contribution in [0.1, 0.15) is 60.3 Å². The van der Waals surface area contributed by atoms with Gasteiger partial charge < -0.3 is 15.0 Å². The van der Waals surface area contributed by atoms with Gasteiger partial charge in [0.2, 0.25) is 0 Å². The highest BCUT2D eigenvalue weighted by Gasteiger charge is 2.26. The van der Waals surface area contributed by atoms with Crippen LogP contribution in [0.3, 0.4) is 0 Å². The highest BCUT2D eigenvalue weighted by atomic mass is 16.6. The average Bonchev–Trinajstić information content (AvgIpc) is 2.42. The van der Waals surface area contributed by atoms with E-state index >= 15 is 0 Å². The number of hydrogen-bond acceptors (Lipinski definition) is 3. The topological polar surface area (TPSA) is 41.6 Å². The van der Waals surface area contributed by atoms with Crippen LogP contribution in [0.4, 0.5) is 4.79 Å². The van der Waals surface area contributed by atoms with E-state index in [9.17, 15) is 4.79 Å². The summed E-state index contributed by atoms with van der Waals surface area (Å²) in [5.74, 6) is 1.49. The predicted molar refractivity (Wildman–Crippen MR) is 87.5 cm³/mol. The molecule has 1 aliphatic heterocycles. The number of amides is 1. The molecule has 1 rings (SSSR count). The summed E-state index contributed by atoms with van der Waals surface area (Å²) in [6.45, 7) is 14.1. The Morgan fingerprint density at radius 2 is 1.81 bits per heavy atom. The van der Waals surface area contributed by atoms with Crippen LogP contribution in [0.5, 0.6) is 0 Å². The van der Waals surface area contributed by atoms with Gasteiger partial charge >= 0.3 is 6.09 Å². The molecule has 0 unspecified atom stereocenters. The molecule has 0 aromatic rings. The van der Waals surface area contributed by atoms with Crippen LogP contribution < -0.4 is 5.32 Å². The number of likely N-dealkylation sites (tertiary alicyclic amines) is 1. The van der Waals surface area contributed by atoms with E-state index < -0.39 is 5.60 Å². The van der Waals surface area contributed by atoms with Gasteiger partial charge in [-0.15, -0.1) is 0 Å². The number of nitrogens with zero attached hydrogens (tertiary/aromatic N) is 1. The summed E-state index contributed by atoms with van der Waals surface area (Å²) in [5, 5.41) is 3.60. The van der Waals surface area contributed by atoms with Crippen molar-refractivity contribution in [2.45, 2.75) is 65.9 Å². The van der Waals surface area contributed by atoms with Crippen LogP contribution >= 0.6 is 0 Å². The second-order valence-electron chi connectivity index (χ2n) is 7.25. The molecule has 0 aromatic carbocycles. The van der Waals surface area contributed by atoms with Crippen molar-refractivity contribution in [3.63, 3.8) is 0 Å². The van der Waals surface area contributed by atoms with Gasteiger partial charge in [0, 0.05) is 13.1 Å². The fourth-order valence-electron chi connectivity index (χ4n) is 2.72. The van der Waals surface area contributed by atoms with Gasteiger partial charge in [-0.1, -0.05) is 26.7 Å². The Morgan fingerprint density at radius 1 is 1.24 bits per heavy atom. The molecule has 124 valence electrons. The van der Waals surface area contributed by atoms with E-state index in [4.69, 9.17) is 4.74 Å². The van der Waals surface area contributed by atoms with E-state index in [0.29, 0.717) is 5.92 Å². The Morgan fingerprint density at radius 3 is 2.29 bits per heavy atom. The Balaban J connectivity index is 2.21. The maximum absolute atomic E-state index is 12.0. The molecule has 4 heteroatoms. The molecule has 1 amide bonds. The molecule has 0 spiro atoms. The molecule has 4 nitrogen and oxygen atoms in total. The lowest BCUT2D eigenvalue weighted by molar-refractivity contribution is 0.0184. The second-order valence-corrected chi connectivity index (χ2v) is 7.25. The number of carbonyl (C=O) groups excluding carboxylic acids is 1. The highest BCUT2D eigenvalue weighted by molar-refractivity contribution is 5.68. The van der Waals surface area contributed by atoms with Crippen molar-refractivity contribution in [2.24, 2.45) is 11.8 Å². The quantitative estimate of drug-likeness (QED) is 0.813. The summed E-state index contributed by atoms with van der Waals surface area (Å²) in [6, 6.07) is 0. The number of ether oxygens (including phenoxy) is 1. The zero-order valence-electron chi connectivity index (χ0n) is 14.6. The zero-order valence-corrected chi connectivity index (χ0v) is 14.6. The summed E-state index contributed by atoms with van der Waals surface area (Å²) in [5.41, 5.74) is -0.398. The lowest BCUT2D eigenvalue weighted by atomic mass is 9.96. The molecular weight excluding hydrogens is 264 g/mol. The summed E-state index contributed by atoms with van der Waals surface area (Å²) in [7, 11) is 0. The number of hydrogen-bond donors (Lipinski definition) is 1. The van der Waals surface area contributed by atoms with Crippen LogP contribution in [0.15, 0.2) is 0 Å². The van der Waals surface area contributed by atoms with E-state index in [1.165, 1.54) is 12.8 Å². The van der Waals surface area contributed by atoms with Gasteiger partial charge in [0.05, 0.1) is 0 Å². The zero-order chi connectivity index (χ0) is 15.9. The SMILES string of the molecule is CCC(CC)CNCC1CCN(C(=O)OC(C)(C)C)CC1. The maximum Gasteiger partial charge on any atom is 0.410 e. The van der Waals surface area contributed by atoms with Gasteiger partial charge in [0.1, 0.15) is 5.60 Å². The molecule has 1 heterocycles. The third kappa shape index (κ3) is 7.16. The van der Waals surface area contributed by atoms with Gasteiger partial charge in [-0.2, -0.15) is 0 Å². The normalized spacial score (nSPS) is 17.3. The summed E-state index contributed by atoms with van der Waals surface area (Å²) < 4.78 is 5.43. The van der Waals surface area contributed by atoms with Gasteiger partial charge in [-0.25, -0.2) is 4.79 Å². The third-order valence-electron chi connectivity index (χ3n) is 4.29. The number of piperidine rings is 1. The largest absolute Gasteiger partial charge is 0.444 e. The van der Waals surface area contributed by atoms with E-state index in [0.717, 1.165) is 44.9 Å². The fourth-order valence-corrected chi connectivity index (χ4v) is 2.72. The summed E-state index contributed by atoms with van der Waals surface area (Å²) in [6.07, 6.45) is 4.50. The Bertz CT molecular complexity index is 300. The Kier molecular flexibility index (Phi) is 7.50. The van der Waals surface area contributed by atoms with Crippen LogP contribution in [-0.4, -0.2) is 42.8 Å². The molecule has 21 heavy (non-hydrogen) atoms. The van der Waals surface area contributed by atoms with Crippen molar-refractivity contribution in [3.8, 4) is 0 Å². The molecule has 1 saturated heterocycles. The average molecular weight is 298 g/mol. The molecule has 0 aliphatic carbocycles. The van der Waals surface area contributed by atoms with Gasteiger partial charge in [0.15, 0.2) is 0 Å². The first-order valence-electron chi connectivity index (χ1n) is 8.54. The van der Waals surface area contributed by atoms with Crippen molar-refractivity contribution in [1.82, 2.24) is 10.2 Å². The van der Waals surface area contributed by atoms with E-state index in [-0.39, 0.29) is 6.09 Å². The first-order valence-corrected chi connectivity index (χ1v) is 8.54. The van der Waals surface area contributed by atoms with Crippen molar-refractivity contribution < 1.29 is 9.53 Å². The lowest BCUT2D eigenvalue weighted by Crippen LogP contribution is -2.43. The molecule has 0 bridgehead atoms. The molecule has 1 aliphatic rings. The Hall–Kier alpha value is -0.770. The minimum absolute atomic E-state index is 0.161. The van der Waals surface area contributed by atoms with Gasteiger partial charge in [0.25, 0.3) is 0 Å². The van der Waals surface area contributed by atoms with E-state index in [1.54, 1.807) is 0 Å². The molecule has 0 aromatic heterocycles. The standard InChI is InChI=1S/C17H34N2O2/c1-6-14(7-2)12-18-13-15-8-10-19(11-9-15)16(20)21-17(3,4)5/h14-15,18H,6-13H2,1-5H3.